The van der Waals surface area contributed by atoms with Crippen molar-refractivity contribution in [2.24, 2.45) is 12.0 Å². The fourth-order valence-corrected chi connectivity index (χ4v) is 2.55. The maximum atomic E-state index is 10.5. The van der Waals surface area contributed by atoms with Crippen LogP contribution >= 0.6 is 0 Å². The molecular formula is C21H18N4O. The van der Waals surface area contributed by atoms with Crippen LogP contribution in [-0.4, -0.2) is 26.6 Å². The van der Waals surface area contributed by atoms with Gasteiger partial charge in [0.1, 0.15) is 6.10 Å². The van der Waals surface area contributed by atoms with E-state index in [1.54, 1.807) is 17.8 Å². The van der Waals surface area contributed by atoms with Gasteiger partial charge in [-0.25, -0.2) is 9.67 Å². The monoisotopic (exact) mass is 342 g/mol. The topological polar surface area (TPSA) is 63.3 Å². The molecule has 0 fully saturated rings. The normalized spacial score (nSPS) is 12.4. The summed E-state index contributed by atoms with van der Waals surface area (Å²) in [7, 11) is 1.76. The summed E-state index contributed by atoms with van der Waals surface area (Å²) >= 11 is 0. The first-order valence-corrected chi connectivity index (χ1v) is 8.02. The Hall–Kier alpha value is -3.49. The SMILES string of the molecule is C#Cc1cccc(/C(=C/c2nc(C(O)c3ccccc3)nn2C)N=C)c1. The number of aromatic nitrogens is 3. The summed E-state index contributed by atoms with van der Waals surface area (Å²) in [5.41, 5.74) is 2.95. The fraction of sp³-hybridized carbons (Fsp3) is 0.0952. The summed E-state index contributed by atoms with van der Waals surface area (Å²) in [6.45, 7) is 3.63. The van der Waals surface area contributed by atoms with E-state index in [2.05, 4.69) is 27.7 Å². The average Bonchev–Trinajstić information content (AvgIpc) is 3.06. The molecule has 0 spiro atoms. The molecule has 3 aromatic rings. The van der Waals surface area contributed by atoms with E-state index in [0.29, 0.717) is 17.3 Å². The average molecular weight is 342 g/mol. The largest absolute Gasteiger partial charge is 0.380 e. The number of aliphatic imine (C=N–C) groups is 1. The lowest BCUT2D eigenvalue weighted by Crippen LogP contribution is -2.02. The Bertz CT molecular complexity index is 996. The van der Waals surface area contributed by atoms with Crippen molar-refractivity contribution in [3.8, 4) is 12.3 Å². The molecular weight excluding hydrogens is 324 g/mol. The fourth-order valence-electron chi connectivity index (χ4n) is 2.55. The van der Waals surface area contributed by atoms with Gasteiger partial charge in [-0.05, 0) is 24.4 Å². The summed E-state index contributed by atoms with van der Waals surface area (Å²) in [6, 6.07) is 16.8. The van der Waals surface area contributed by atoms with Crippen molar-refractivity contribution >= 4 is 18.5 Å². The molecule has 0 radical (unpaired) electrons. The van der Waals surface area contributed by atoms with E-state index < -0.39 is 6.10 Å². The van der Waals surface area contributed by atoms with Crippen LogP contribution in [0.2, 0.25) is 0 Å². The zero-order valence-corrected chi connectivity index (χ0v) is 14.4. The summed E-state index contributed by atoms with van der Waals surface area (Å²) < 4.78 is 1.59. The van der Waals surface area contributed by atoms with Gasteiger partial charge in [-0.15, -0.1) is 6.42 Å². The maximum Gasteiger partial charge on any atom is 0.184 e. The summed E-state index contributed by atoms with van der Waals surface area (Å²) in [5, 5.41) is 14.8. The van der Waals surface area contributed by atoms with Crippen LogP contribution in [0.15, 0.2) is 59.6 Å². The zero-order valence-electron chi connectivity index (χ0n) is 14.4. The van der Waals surface area contributed by atoms with Gasteiger partial charge in [0.25, 0.3) is 0 Å². The highest BCUT2D eigenvalue weighted by Gasteiger charge is 2.17. The summed E-state index contributed by atoms with van der Waals surface area (Å²) in [4.78, 5) is 8.52. The van der Waals surface area contributed by atoms with Crippen LogP contribution in [0.5, 0.6) is 0 Å². The van der Waals surface area contributed by atoms with Crippen LogP contribution in [0.1, 0.15) is 34.4 Å². The van der Waals surface area contributed by atoms with Crippen molar-refractivity contribution in [1.29, 1.82) is 0 Å². The van der Waals surface area contributed by atoms with Gasteiger partial charge in [-0.3, -0.25) is 4.99 Å². The maximum absolute atomic E-state index is 10.5. The molecule has 1 N–H and O–H groups in total. The Kier molecular flexibility index (Phi) is 5.07. The van der Waals surface area contributed by atoms with Crippen molar-refractivity contribution in [2.45, 2.75) is 6.10 Å². The quantitative estimate of drug-likeness (QED) is 0.572. The number of aryl methyl sites for hydroxylation is 1. The zero-order chi connectivity index (χ0) is 18.5. The van der Waals surface area contributed by atoms with Crippen LogP contribution < -0.4 is 0 Å². The van der Waals surface area contributed by atoms with Gasteiger partial charge in [0.05, 0.1) is 5.70 Å². The lowest BCUT2D eigenvalue weighted by Gasteiger charge is -2.05. The highest BCUT2D eigenvalue weighted by atomic mass is 16.3. The second kappa shape index (κ2) is 7.60. The Labute approximate surface area is 152 Å². The van der Waals surface area contributed by atoms with Crippen LogP contribution in [0.4, 0.5) is 0 Å². The molecule has 1 unspecified atom stereocenters. The second-order valence-corrected chi connectivity index (χ2v) is 5.68. The van der Waals surface area contributed by atoms with Crippen molar-refractivity contribution in [3.05, 3.63) is 82.9 Å². The first kappa shape index (κ1) is 17.3. The molecule has 0 aliphatic carbocycles. The number of rotatable bonds is 5. The Morgan fingerprint density at radius 3 is 2.73 bits per heavy atom. The minimum Gasteiger partial charge on any atom is -0.380 e. The smallest absolute Gasteiger partial charge is 0.184 e. The summed E-state index contributed by atoms with van der Waals surface area (Å²) in [5.74, 6) is 3.49. The van der Waals surface area contributed by atoms with Gasteiger partial charge >= 0.3 is 0 Å². The number of aliphatic hydroxyl groups is 1. The first-order chi connectivity index (χ1) is 12.6. The predicted octanol–water partition coefficient (Wildman–Crippen LogP) is 3.08. The van der Waals surface area contributed by atoms with Gasteiger partial charge in [0.15, 0.2) is 11.6 Å². The number of hydrogen-bond donors (Lipinski definition) is 1. The number of benzene rings is 2. The van der Waals surface area contributed by atoms with Crippen LogP contribution in [0, 0.1) is 12.3 Å². The molecule has 5 heteroatoms. The molecule has 128 valence electrons. The molecule has 2 aromatic carbocycles. The molecule has 1 aromatic heterocycles. The van der Waals surface area contributed by atoms with E-state index >= 15 is 0 Å². The van der Waals surface area contributed by atoms with Crippen molar-refractivity contribution in [3.63, 3.8) is 0 Å². The van der Waals surface area contributed by atoms with Crippen molar-refractivity contribution in [1.82, 2.24) is 14.8 Å². The third-order valence-electron chi connectivity index (χ3n) is 3.93. The molecule has 1 atom stereocenters. The number of aliphatic hydroxyl groups excluding tert-OH is 1. The minimum atomic E-state index is -0.894. The summed E-state index contributed by atoms with van der Waals surface area (Å²) in [6.07, 6.45) is 6.33. The molecule has 0 saturated carbocycles. The molecule has 3 rings (SSSR count). The number of terminal acetylenes is 1. The Morgan fingerprint density at radius 1 is 1.27 bits per heavy atom. The second-order valence-electron chi connectivity index (χ2n) is 5.68. The lowest BCUT2D eigenvalue weighted by molar-refractivity contribution is 0.209. The molecule has 1 heterocycles. The van der Waals surface area contributed by atoms with Crippen LogP contribution in [0.3, 0.4) is 0 Å². The molecule has 0 aliphatic heterocycles. The molecule has 0 amide bonds. The van der Waals surface area contributed by atoms with Crippen molar-refractivity contribution < 1.29 is 5.11 Å². The predicted molar refractivity (Wildman–Crippen MR) is 103 cm³/mol. The van der Waals surface area contributed by atoms with E-state index in [9.17, 15) is 5.11 Å². The van der Waals surface area contributed by atoms with Gasteiger partial charge in [-0.2, -0.15) is 5.10 Å². The van der Waals surface area contributed by atoms with E-state index in [1.807, 2.05) is 54.6 Å². The van der Waals surface area contributed by atoms with Crippen LogP contribution in [0.25, 0.3) is 11.8 Å². The molecule has 26 heavy (non-hydrogen) atoms. The highest BCUT2D eigenvalue weighted by Crippen LogP contribution is 2.22. The van der Waals surface area contributed by atoms with E-state index in [1.165, 1.54) is 0 Å². The van der Waals surface area contributed by atoms with Gasteiger partial charge in [-0.1, -0.05) is 48.4 Å². The van der Waals surface area contributed by atoms with Gasteiger partial charge in [0.2, 0.25) is 0 Å². The first-order valence-electron chi connectivity index (χ1n) is 8.02. The van der Waals surface area contributed by atoms with E-state index in [-0.39, 0.29) is 0 Å². The van der Waals surface area contributed by atoms with Crippen molar-refractivity contribution in [2.75, 3.05) is 0 Å². The Morgan fingerprint density at radius 2 is 2.04 bits per heavy atom. The number of nitrogens with zero attached hydrogens (tertiary/aromatic N) is 4. The van der Waals surface area contributed by atoms with Gasteiger partial charge < -0.3 is 5.11 Å². The standard InChI is InChI=1S/C21H18N4O/c1-4-15-9-8-12-17(13-15)18(22-2)14-19-23-21(24-25(19)3)20(26)16-10-6-5-7-11-16/h1,5-14,20,26H,2H2,3H3/b18-14-. The van der Waals surface area contributed by atoms with Crippen LogP contribution in [-0.2, 0) is 7.05 Å². The number of hydrogen-bond acceptors (Lipinski definition) is 4. The molecule has 0 bridgehead atoms. The third kappa shape index (κ3) is 3.61. The third-order valence-corrected chi connectivity index (χ3v) is 3.93. The molecule has 0 saturated heterocycles. The minimum absolute atomic E-state index is 0.325. The lowest BCUT2D eigenvalue weighted by atomic mass is 10.1. The Balaban J connectivity index is 1.96. The van der Waals surface area contributed by atoms with Gasteiger partial charge in [0, 0.05) is 24.3 Å². The van der Waals surface area contributed by atoms with E-state index in [0.717, 1.165) is 16.7 Å². The molecule has 5 nitrogen and oxygen atoms in total. The molecule has 0 aliphatic rings. The van der Waals surface area contributed by atoms with E-state index in [4.69, 9.17) is 6.42 Å². The highest BCUT2D eigenvalue weighted by molar-refractivity contribution is 5.81.